The molecule has 11 nitrogen and oxygen atoms in total. The maximum atomic E-state index is 13.1. The maximum absolute atomic E-state index is 13.1. The summed E-state index contributed by atoms with van der Waals surface area (Å²) in [5, 5.41) is 13.4. The molecule has 3 aromatic rings. The normalized spacial score (nSPS) is 17.9. The Morgan fingerprint density at radius 1 is 1.03 bits per heavy atom. The Morgan fingerprint density at radius 2 is 1.84 bits per heavy atom. The second-order valence-corrected chi connectivity index (χ2v) is 9.55. The lowest BCUT2D eigenvalue weighted by molar-refractivity contribution is -0.122. The zero-order valence-corrected chi connectivity index (χ0v) is 21.7. The van der Waals surface area contributed by atoms with Crippen LogP contribution in [0.15, 0.2) is 43.0 Å². The van der Waals surface area contributed by atoms with Crippen LogP contribution in [0, 0.1) is 0 Å². The highest BCUT2D eigenvalue weighted by Crippen LogP contribution is 2.15. The largest absolute Gasteiger partial charge is 0.355 e. The Kier molecular flexibility index (Phi) is 10.1. The molecule has 0 fully saturated rings. The van der Waals surface area contributed by atoms with E-state index in [9.17, 15) is 9.59 Å². The molecular weight excluding hydrogens is 482 g/mol. The molecule has 0 aromatic carbocycles. The van der Waals surface area contributed by atoms with Gasteiger partial charge in [-0.3, -0.25) is 9.59 Å². The van der Waals surface area contributed by atoms with E-state index in [4.69, 9.17) is 5.73 Å². The van der Waals surface area contributed by atoms with Crippen molar-refractivity contribution in [3.05, 3.63) is 59.8 Å². The number of nitrogens with zero attached hydrogens (tertiary/aromatic N) is 5. The summed E-state index contributed by atoms with van der Waals surface area (Å²) in [4.78, 5) is 38.8. The second-order valence-electron chi connectivity index (χ2n) is 9.55. The van der Waals surface area contributed by atoms with Gasteiger partial charge >= 0.3 is 0 Å². The molecule has 4 heterocycles. The lowest BCUT2D eigenvalue weighted by Gasteiger charge is -2.14. The number of carbonyl (C=O) groups excluding carboxylic acids is 2. The Hall–Kier alpha value is -3.86. The number of fused-ring (bicyclic) bond motifs is 2. The molecule has 202 valence electrons. The Morgan fingerprint density at radius 3 is 2.61 bits per heavy atom. The summed E-state index contributed by atoms with van der Waals surface area (Å²) in [5.74, 6) is 0.968. The summed E-state index contributed by atoms with van der Waals surface area (Å²) in [6.45, 7) is 1.76. The average molecular weight is 520 g/mol. The van der Waals surface area contributed by atoms with Crippen LogP contribution in [0.25, 0.3) is 5.82 Å². The van der Waals surface area contributed by atoms with Gasteiger partial charge in [-0.1, -0.05) is 31.7 Å². The fourth-order valence-corrected chi connectivity index (χ4v) is 4.33. The smallest absolute Gasteiger partial charge is 0.254 e. The number of carbonyl (C=O) groups is 2. The zero-order valence-electron chi connectivity index (χ0n) is 21.7. The van der Waals surface area contributed by atoms with Crippen LogP contribution in [0.5, 0.6) is 0 Å². The van der Waals surface area contributed by atoms with Gasteiger partial charge in [0, 0.05) is 44.4 Å². The van der Waals surface area contributed by atoms with Gasteiger partial charge in [0.15, 0.2) is 5.82 Å². The van der Waals surface area contributed by atoms with Crippen molar-refractivity contribution in [2.24, 2.45) is 5.73 Å². The van der Waals surface area contributed by atoms with E-state index in [0.717, 1.165) is 62.7 Å². The predicted octanol–water partition coefficient (Wildman–Crippen LogP) is 2.52. The number of aryl methyl sites for hydroxylation is 1. The van der Waals surface area contributed by atoms with Gasteiger partial charge in [0.1, 0.15) is 0 Å². The number of hydrogen-bond donors (Lipinski definition) is 4. The van der Waals surface area contributed by atoms with Gasteiger partial charge in [-0.15, -0.1) is 0 Å². The van der Waals surface area contributed by atoms with Crippen molar-refractivity contribution in [1.82, 2.24) is 35.4 Å². The van der Waals surface area contributed by atoms with Crippen LogP contribution in [0.4, 0.5) is 5.95 Å². The average Bonchev–Trinajstić information content (AvgIpc) is 3.48. The van der Waals surface area contributed by atoms with Gasteiger partial charge in [0.2, 0.25) is 11.9 Å². The molecule has 1 atom stereocenters. The number of nitrogens with two attached hydrogens (primary N) is 1. The van der Waals surface area contributed by atoms with Crippen LogP contribution in [-0.2, 0) is 17.8 Å². The monoisotopic (exact) mass is 519 g/mol. The third kappa shape index (κ3) is 8.07. The molecule has 3 aromatic heterocycles. The predicted molar refractivity (Wildman–Crippen MR) is 145 cm³/mol. The summed E-state index contributed by atoms with van der Waals surface area (Å²) in [5.41, 5.74) is 8.13. The SMILES string of the molecule is N[C@H]1CCCCCc2nc(ncc2C(=O)NCc2ccc(-n3cccn3)nc2)NCCCCCCNC1=O. The van der Waals surface area contributed by atoms with Crippen molar-refractivity contribution < 1.29 is 9.59 Å². The van der Waals surface area contributed by atoms with Crippen molar-refractivity contribution in [1.29, 1.82) is 0 Å². The summed E-state index contributed by atoms with van der Waals surface area (Å²) < 4.78 is 1.68. The molecule has 38 heavy (non-hydrogen) atoms. The van der Waals surface area contributed by atoms with Gasteiger partial charge in [-0.2, -0.15) is 5.10 Å². The van der Waals surface area contributed by atoms with Gasteiger partial charge in [0.05, 0.1) is 17.3 Å². The molecule has 11 heteroatoms. The first-order valence-corrected chi connectivity index (χ1v) is 13.5. The topological polar surface area (TPSA) is 153 Å². The molecule has 2 amide bonds. The minimum atomic E-state index is -0.479. The van der Waals surface area contributed by atoms with E-state index in [2.05, 4.69) is 36.0 Å². The van der Waals surface area contributed by atoms with Crippen LogP contribution >= 0.6 is 0 Å². The Labute approximate surface area is 223 Å². The molecular formula is C27H37N9O2. The van der Waals surface area contributed by atoms with E-state index in [1.54, 1.807) is 23.3 Å². The van der Waals surface area contributed by atoms with Crippen molar-refractivity contribution in [2.45, 2.75) is 70.4 Å². The number of hydrogen-bond acceptors (Lipinski definition) is 8. The fourth-order valence-electron chi connectivity index (χ4n) is 4.33. The summed E-state index contributed by atoms with van der Waals surface area (Å²) in [6, 6.07) is 5.14. The van der Waals surface area contributed by atoms with Crippen LogP contribution < -0.4 is 21.7 Å². The lowest BCUT2D eigenvalue weighted by atomic mass is 10.0. The molecule has 0 aliphatic carbocycles. The number of nitrogens with one attached hydrogen (secondary N) is 3. The van der Waals surface area contributed by atoms with Crippen LogP contribution in [0.2, 0.25) is 0 Å². The van der Waals surface area contributed by atoms with Crippen molar-refractivity contribution in [3.63, 3.8) is 0 Å². The van der Waals surface area contributed by atoms with Crippen molar-refractivity contribution in [3.8, 4) is 5.82 Å². The molecule has 0 radical (unpaired) electrons. The molecule has 0 saturated carbocycles. The summed E-state index contributed by atoms with van der Waals surface area (Å²) >= 11 is 0. The van der Waals surface area contributed by atoms with E-state index in [1.807, 2.05) is 24.4 Å². The van der Waals surface area contributed by atoms with Crippen LogP contribution in [0.3, 0.4) is 0 Å². The molecule has 5 N–H and O–H groups in total. The summed E-state index contributed by atoms with van der Waals surface area (Å²) in [6.07, 6.45) is 14.7. The highest BCUT2D eigenvalue weighted by atomic mass is 16.2. The molecule has 2 bridgehead atoms. The molecule has 4 rings (SSSR count). The molecule has 1 aliphatic rings. The van der Waals surface area contributed by atoms with Crippen molar-refractivity contribution in [2.75, 3.05) is 18.4 Å². The van der Waals surface area contributed by atoms with Crippen LogP contribution in [0.1, 0.15) is 73.0 Å². The van der Waals surface area contributed by atoms with Gasteiger partial charge in [-0.05, 0) is 49.8 Å². The van der Waals surface area contributed by atoms with Gasteiger partial charge in [0.25, 0.3) is 5.91 Å². The number of rotatable bonds is 4. The van der Waals surface area contributed by atoms with E-state index < -0.39 is 6.04 Å². The molecule has 0 unspecified atom stereocenters. The van der Waals surface area contributed by atoms with E-state index in [0.29, 0.717) is 43.3 Å². The quantitative estimate of drug-likeness (QED) is 0.410. The van der Waals surface area contributed by atoms with Crippen LogP contribution in [-0.4, -0.2) is 55.7 Å². The third-order valence-corrected chi connectivity index (χ3v) is 6.57. The third-order valence-electron chi connectivity index (χ3n) is 6.57. The van der Waals surface area contributed by atoms with Crippen molar-refractivity contribution >= 4 is 17.8 Å². The lowest BCUT2D eigenvalue weighted by Crippen LogP contribution is -2.40. The standard InChI is InChI=1S/C27H37N9O2/c28-22-9-4-3-5-10-23-21(19-33-27(35-23)30-14-7-2-1-6-13-29-26(22)38)25(37)32-18-20-11-12-24(31-17-20)36-16-8-15-34-36/h8,11-12,15-17,19,22H,1-7,9-10,13-14,18,28H2,(H,29,38)(H,32,37)(H,30,33,35)/t22-/m0/s1. The highest BCUT2D eigenvalue weighted by molar-refractivity contribution is 5.95. The maximum Gasteiger partial charge on any atom is 0.254 e. The first-order valence-electron chi connectivity index (χ1n) is 13.5. The van der Waals surface area contributed by atoms with Gasteiger partial charge < -0.3 is 21.7 Å². The minimum absolute atomic E-state index is 0.0709. The highest BCUT2D eigenvalue weighted by Gasteiger charge is 2.16. The number of amides is 2. The Balaban J connectivity index is 1.38. The van der Waals surface area contributed by atoms with E-state index >= 15 is 0 Å². The number of pyridine rings is 1. The van der Waals surface area contributed by atoms with Gasteiger partial charge in [-0.25, -0.2) is 19.6 Å². The molecule has 1 aliphatic heterocycles. The fraction of sp³-hybridized carbons (Fsp3) is 0.481. The number of aromatic nitrogens is 5. The van der Waals surface area contributed by atoms with E-state index in [-0.39, 0.29) is 11.8 Å². The first kappa shape index (κ1) is 27.2. The Bertz CT molecular complexity index is 1170. The summed E-state index contributed by atoms with van der Waals surface area (Å²) in [7, 11) is 0. The first-order chi connectivity index (χ1) is 18.6. The minimum Gasteiger partial charge on any atom is -0.355 e. The van der Waals surface area contributed by atoms with E-state index in [1.165, 1.54) is 0 Å². The zero-order chi connectivity index (χ0) is 26.6. The number of anilines is 1. The molecule has 0 saturated heterocycles. The molecule has 0 spiro atoms. The second kappa shape index (κ2) is 14.2.